The van der Waals surface area contributed by atoms with E-state index >= 15 is 0 Å². The highest BCUT2D eigenvalue weighted by molar-refractivity contribution is 7.91. The van der Waals surface area contributed by atoms with Gasteiger partial charge in [0.05, 0.1) is 36.3 Å². The minimum Gasteiger partial charge on any atom is -0.466 e. The van der Waals surface area contributed by atoms with Gasteiger partial charge in [-0.05, 0) is 19.4 Å². The molecule has 0 unspecified atom stereocenters. The summed E-state index contributed by atoms with van der Waals surface area (Å²) in [5.74, 6) is -1.46. The van der Waals surface area contributed by atoms with E-state index in [1.54, 1.807) is 13.0 Å². The van der Waals surface area contributed by atoms with Crippen molar-refractivity contribution in [2.75, 3.05) is 18.6 Å². The zero-order valence-electron chi connectivity index (χ0n) is 14.4. The van der Waals surface area contributed by atoms with Gasteiger partial charge in [0.1, 0.15) is 5.82 Å². The topological polar surface area (TPSA) is 92.8 Å². The van der Waals surface area contributed by atoms with Crippen LogP contribution in [0, 0.1) is 5.82 Å². The van der Waals surface area contributed by atoms with E-state index in [-0.39, 0.29) is 34.8 Å². The molecule has 1 saturated heterocycles. The SMILES string of the molecule is COC(=O)C1=C(C)N([C@H]2CCS(=O)(=O)C2)C(=O)N[C@H]1c1ccccc1F. The molecule has 1 aromatic rings. The predicted octanol–water partition coefficient (Wildman–Crippen LogP) is 1.53. The van der Waals surface area contributed by atoms with Crippen LogP contribution in [0.2, 0.25) is 0 Å². The number of carbonyl (C=O) groups excluding carboxylic acids is 2. The fraction of sp³-hybridized carbons (Fsp3) is 0.412. The van der Waals surface area contributed by atoms with E-state index in [0.717, 1.165) is 0 Å². The quantitative estimate of drug-likeness (QED) is 0.801. The first kappa shape index (κ1) is 18.4. The van der Waals surface area contributed by atoms with Gasteiger partial charge in [0.25, 0.3) is 0 Å². The first-order chi connectivity index (χ1) is 12.2. The standard InChI is InChI=1S/C17H19FN2O5S/c1-10-14(16(21)25-2)15(12-5-3-4-6-13(12)18)19-17(22)20(10)11-7-8-26(23,24)9-11/h3-6,11,15H,7-9H2,1-2H3,(H,19,22)/t11-,15-/m0/s1. The van der Waals surface area contributed by atoms with Crippen molar-refractivity contribution in [3.8, 4) is 0 Å². The number of urea groups is 1. The number of methoxy groups -OCH3 is 1. The molecular formula is C17H19FN2O5S. The van der Waals surface area contributed by atoms with E-state index in [4.69, 9.17) is 4.74 Å². The number of allylic oxidation sites excluding steroid dienone is 1. The maximum Gasteiger partial charge on any atom is 0.337 e. The molecule has 140 valence electrons. The van der Waals surface area contributed by atoms with Gasteiger partial charge in [-0.2, -0.15) is 0 Å². The Bertz CT molecular complexity index is 896. The molecule has 26 heavy (non-hydrogen) atoms. The summed E-state index contributed by atoms with van der Waals surface area (Å²) in [6.45, 7) is 1.55. The highest BCUT2D eigenvalue weighted by atomic mass is 32.2. The lowest BCUT2D eigenvalue weighted by Gasteiger charge is -2.38. The number of halogens is 1. The summed E-state index contributed by atoms with van der Waals surface area (Å²) < 4.78 is 42.6. The van der Waals surface area contributed by atoms with E-state index in [1.165, 1.54) is 30.2 Å². The van der Waals surface area contributed by atoms with Crippen molar-refractivity contribution < 1.29 is 27.1 Å². The smallest absolute Gasteiger partial charge is 0.337 e. The predicted molar refractivity (Wildman–Crippen MR) is 91.3 cm³/mol. The molecule has 2 heterocycles. The Kier molecular flexibility index (Phi) is 4.74. The zero-order chi connectivity index (χ0) is 19.1. The number of hydrogen-bond donors (Lipinski definition) is 1. The molecule has 0 radical (unpaired) electrons. The number of rotatable bonds is 3. The summed E-state index contributed by atoms with van der Waals surface area (Å²) in [6.07, 6.45) is 0.284. The molecule has 1 aromatic carbocycles. The van der Waals surface area contributed by atoms with Gasteiger partial charge in [0.15, 0.2) is 9.84 Å². The van der Waals surface area contributed by atoms with Gasteiger partial charge in [0, 0.05) is 11.3 Å². The third-order valence-electron chi connectivity index (χ3n) is 4.72. The number of amides is 2. The second kappa shape index (κ2) is 6.71. The van der Waals surface area contributed by atoms with Gasteiger partial charge in [-0.1, -0.05) is 18.2 Å². The number of esters is 1. The monoisotopic (exact) mass is 382 g/mol. The van der Waals surface area contributed by atoms with Crippen LogP contribution in [0.15, 0.2) is 35.5 Å². The van der Waals surface area contributed by atoms with E-state index in [1.807, 2.05) is 0 Å². The first-order valence-electron chi connectivity index (χ1n) is 8.09. The summed E-state index contributed by atoms with van der Waals surface area (Å²) >= 11 is 0. The summed E-state index contributed by atoms with van der Waals surface area (Å²) in [7, 11) is -2.03. The molecule has 0 aliphatic carbocycles. The van der Waals surface area contributed by atoms with Gasteiger partial charge < -0.3 is 10.1 Å². The van der Waals surface area contributed by atoms with Crippen LogP contribution in [0.1, 0.15) is 24.9 Å². The van der Waals surface area contributed by atoms with Crippen molar-refractivity contribution in [2.45, 2.75) is 25.4 Å². The van der Waals surface area contributed by atoms with Crippen molar-refractivity contribution in [3.63, 3.8) is 0 Å². The lowest BCUT2D eigenvalue weighted by molar-refractivity contribution is -0.136. The van der Waals surface area contributed by atoms with E-state index in [2.05, 4.69) is 5.32 Å². The number of carbonyl (C=O) groups is 2. The summed E-state index contributed by atoms with van der Waals surface area (Å²) in [5.41, 5.74) is 0.497. The Morgan fingerprint density at radius 2 is 2.04 bits per heavy atom. The Morgan fingerprint density at radius 3 is 2.62 bits per heavy atom. The van der Waals surface area contributed by atoms with Crippen molar-refractivity contribution in [2.24, 2.45) is 0 Å². The largest absolute Gasteiger partial charge is 0.466 e. The third kappa shape index (κ3) is 3.18. The van der Waals surface area contributed by atoms with Crippen LogP contribution in [0.25, 0.3) is 0 Å². The summed E-state index contributed by atoms with van der Waals surface area (Å²) in [5, 5.41) is 2.62. The molecule has 0 aromatic heterocycles. The minimum atomic E-state index is -3.23. The molecular weight excluding hydrogens is 363 g/mol. The van der Waals surface area contributed by atoms with Crippen molar-refractivity contribution in [3.05, 3.63) is 46.9 Å². The van der Waals surface area contributed by atoms with Gasteiger partial charge in [0.2, 0.25) is 0 Å². The van der Waals surface area contributed by atoms with Gasteiger partial charge in [-0.3, -0.25) is 4.90 Å². The maximum absolute atomic E-state index is 14.2. The fourth-order valence-corrected chi connectivity index (χ4v) is 5.19. The molecule has 7 nitrogen and oxygen atoms in total. The molecule has 9 heteroatoms. The average molecular weight is 382 g/mol. The molecule has 2 atom stereocenters. The summed E-state index contributed by atoms with van der Waals surface area (Å²) in [6, 6.07) is 3.68. The zero-order valence-corrected chi connectivity index (χ0v) is 15.2. The van der Waals surface area contributed by atoms with Crippen LogP contribution in [0.5, 0.6) is 0 Å². The highest BCUT2D eigenvalue weighted by Crippen LogP contribution is 2.35. The van der Waals surface area contributed by atoms with E-state index in [0.29, 0.717) is 0 Å². The Labute approximate surface area is 150 Å². The normalized spacial score (nSPS) is 25.2. The lowest BCUT2D eigenvalue weighted by Crippen LogP contribution is -2.52. The van der Waals surface area contributed by atoms with Gasteiger partial charge >= 0.3 is 12.0 Å². The number of benzene rings is 1. The van der Waals surface area contributed by atoms with E-state index < -0.39 is 39.7 Å². The Balaban J connectivity index is 2.09. The second-order valence-electron chi connectivity index (χ2n) is 6.32. The van der Waals surface area contributed by atoms with Gasteiger partial charge in [-0.25, -0.2) is 22.4 Å². The number of ether oxygens (including phenoxy) is 1. The molecule has 2 aliphatic rings. The molecule has 3 rings (SSSR count). The molecule has 1 N–H and O–H groups in total. The fourth-order valence-electron chi connectivity index (χ4n) is 3.49. The molecule has 0 saturated carbocycles. The Hall–Kier alpha value is -2.42. The number of nitrogens with one attached hydrogen (secondary N) is 1. The molecule has 2 amide bonds. The highest BCUT2D eigenvalue weighted by Gasteiger charge is 2.43. The molecule has 2 aliphatic heterocycles. The van der Waals surface area contributed by atoms with E-state index in [9.17, 15) is 22.4 Å². The number of nitrogens with zero attached hydrogens (tertiary/aromatic N) is 1. The van der Waals surface area contributed by atoms with Crippen LogP contribution in [-0.2, 0) is 19.4 Å². The van der Waals surface area contributed by atoms with Crippen molar-refractivity contribution in [1.29, 1.82) is 0 Å². The Morgan fingerprint density at radius 1 is 1.35 bits per heavy atom. The third-order valence-corrected chi connectivity index (χ3v) is 6.47. The number of sulfone groups is 1. The van der Waals surface area contributed by atoms with Crippen LogP contribution in [-0.4, -0.2) is 50.0 Å². The maximum atomic E-state index is 14.2. The van der Waals surface area contributed by atoms with Crippen LogP contribution >= 0.6 is 0 Å². The van der Waals surface area contributed by atoms with Crippen LogP contribution in [0.3, 0.4) is 0 Å². The second-order valence-corrected chi connectivity index (χ2v) is 8.55. The first-order valence-corrected chi connectivity index (χ1v) is 9.91. The van der Waals surface area contributed by atoms with Crippen molar-refractivity contribution in [1.82, 2.24) is 10.2 Å². The summed E-state index contributed by atoms with van der Waals surface area (Å²) in [4.78, 5) is 26.3. The molecule has 0 bridgehead atoms. The van der Waals surface area contributed by atoms with Crippen LogP contribution in [0.4, 0.5) is 9.18 Å². The van der Waals surface area contributed by atoms with Gasteiger partial charge in [-0.15, -0.1) is 0 Å². The van der Waals surface area contributed by atoms with Crippen molar-refractivity contribution >= 4 is 21.8 Å². The van der Waals surface area contributed by atoms with Crippen LogP contribution < -0.4 is 5.32 Å². The minimum absolute atomic E-state index is 0.0149. The lowest BCUT2D eigenvalue weighted by atomic mass is 9.94. The molecule has 1 fully saturated rings. The molecule has 0 spiro atoms. The average Bonchev–Trinajstić information content (AvgIpc) is 2.93. The number of hydrogen-bond acceptors (Lipinski definition) is 5.